The van der Waals surface area contributed by atoms with Gasteiger partial charge in [0.1, 0.15) is 0 Å². The van der Waals surface area contributed by atoms with Crippen molar-refractivity contribution < 1.29 is 13.3 Å². The summed E-state index contributed by atoms with van der Waals surface area (Å²) in [4.78, 5) is 0. The van der Waals surface area contributed by atoms with Crippen molar-refractivity contribution >= 4 is 8.80 Å². The molecule has 0 aromatic rings. The highest BCUT2D eigenvalue weighted by Gasteiger charge is 2.44. The molecular weight excluding hydrogens is 198 g/mol. The molecule has 0 aliphatic rings. The highest BCUT2D eigenvalue weighted by Crippen LogP contribution is 2.26. The predicted molar refractivity (Wildman–Crippen MR) is 59.1 cm³/mol. The minimum atomic E-state index is -2.45. The van der Waals surface area contributed by atoms with Crippen LogP contribution in [0.15, 0.2) is 0 Å². The van der Waals surface area contributed by atoms with E-state index in [4.69, 9.17) is 13.3 Å². The summed E-state index contributed by atoms with van der Waals surface area (Å²) in [6.07, 6.45) is 1.00. The fraction of sp³-hybridized carbons (Fsp3) is 1.00. The fourth-order valence-electron chi connectivity index (χ4n) is 1.25. The summed E-state index contributed by atoms with van der Waals surface area (Å²) in [5, 5.41) is 3.10. The SMILES string of the molecule is CCNCO[Si](OC)(OC)C(C)CC. The Bertz CT molecular complexity index is 142. The second-order valence-corrected chi connectivity index (χ2v) is 6.51. The normalized spacial score (nSPS) is 14.4. The maximum Gasteiger partial charge on any atom is 0.504 e. The molecule has 0 heterocycles. The highest BCUT2D eigenvalue weighted by atomic mass is 28.4. The Morgan fingerprint density at radius 3 is 2.14 bits per heavy atom. The Morgan fingerprint density at radius 2 is 1.79 bits per heavy atom. The van der Waals surface area contributed by atoms with Crippen molar-refractivity contribution in [3.05, 3.63) is 0 Å². The minimum Gasteiger partial charge on any atom is -0.377 e. The molecule has 0 aromatic carbocycles. The van der Waals surface area contributed by atoms with E-state index in [1.54, 1.807) is 14.2 Å². The van der Waals surface area contributed by atoms with Gasteiger partial charge in [0, 0.05) is 19.8 Å². The summed E-state index contributed by atoms with van der Waals surface area (Å²) in [6, 6.07) is 0. The third kappa shape index (κ3) is 3.66. The maximum absolute atomic E-state index is 5.70. The number of rotatable bonds is 8. The zero-order valence-electron chi connectivity index (χ0n) is 9.92. The van der Waals surface area contributed by atoms with E-state index in [2.05, 4.69) is 19.2 Å². The van der Waals surface area contributed by atoms with Gasteiger partial charge in [0.05, 0.1) is 6.73 Å². The lowest BCUT2D eigenvalue weighted by molar-refractivity contribution is 0.0811. The van der Waals surface area contributed by atoms with Crippen molar-refractivity contribution in [2.24, 2.45) is 0 Å². The minimum absolute atomic E-state index is 0.330. The average Bonchev–Trinajstić information content (AvgIpc) is 2.24. The largest absolute Gasteiger partial charge is 0.504 e. The van der Waals surface area contributed by atoms with Crippen LogP contribution in [0, 0.1) is 0 Å². The van der Waals surface area contributed by atoms with E-state index in [1.165, 1.54) is 0 Å². The lowest BCUT2D eigenvalue weighted by Gasteiger charge is -2.31. The van der Waals surface area contributed by atoms with Gasteiger partial charge < -0.3 is 13.3 Å². The first-order valence-corrected chi connectivity index (χ1v) is 6.92. The monoisotopic (exact) mass is 221 g/mol. The number of hydrogen-bond donors (Lipinski definition) is 1. The molecule has 0 radical (unpaired) electrons. The third-order valence-electron chi connectivity index (χ3n) is 2.41. The van der Waals surface area contributed by atoms with Crippen molar-refractivity contribution in [3.63, 3.8) is 0 Å². The van der Waals surface area contributed by atoms with Crippen LogP contribution < -0.4 is 5.32 Å². The second kappa shape index (κ2) is 7.36. The molecule has 1 unspecified atom stereocenters. The molecule has 1 atom stereocenters. The van der Waals surface area contributed by atoms with Gasteiger partial charge in [0.15, 0.2) is 0 Å². The van der Waals surface area contributed by atoms with Gasteiger partial charge in [-0.25, -0.2) is 0 Å². The van der Waals surface area contributed by atoms with Crippen LogP contribution in [0.5, 0.6) is 0 Å². The summed E-state index contributed by atoms with van der Waals surface area (Å²) < 4.78 is 16.6. The van der Waals surface area contributed by atoms with E-state index in [-0.39, 0.29) is 0 Å². The van der Waals surface area contributed by atoms with Crippen LogP contribution in [0.3, 0.4) is 0 Å². The number of nitrogens with one attached hydrogen (secondary N) is 1. The molecule has 0 rings (SSSR count). The number of hydrogen-bond acceptors (Lipinski definition) is 4. The first-order valence-electron chi connectivity index (χ1n) is 5.11. The van der Waals surface area contributed by atoms with Gasteiger partial charge in [-0.05, 0) is 13.0 Å². The summed E-state index contributed by atoms with van der Waals surface area (Å²) in [6.45, 7) is 7.63. The van der Waals surface area contributed by atoms with E-state index in [9.17, 15) is 0 Å². The lowest BCUT2D eigenvalue weighted by Crippen LogP contribution is -2.49. The zero-order valence-corrected chi connectivity index (χ0v) is 10.9. The summed E-state index contributed by atoms with van der Waals surface area (Å²) in [7, 11) is 0.875. The molecule has 1 N–H and O–H groups in total. The van der Waals surface area contributed by atoms with Crippen molar-refractivity contribution in [1.29, 1.82) is 0 Å². The molecule has 0 aromatic heterocycles. The molecule has 0 saturated heterocycles. The Labute approximate surface area is 88.3 Å². The smallest absolute Gasteiger partial charge is 0.377 e. The molecule has 0 bridgehead atoms. The Balaban J connectivity index is 4.21. The molecule has 0 amide bonds. The molecule has 0 spiro atoms. The molecule has 14 heavy (non-hydrogen) atoms. The zero-order chi connectivity index (χ0) is 11.0. The van der Waals surface area contributed by atoms with Gasteiger partial charge in [-0.3, -0.25) is 5.32 Å². The van der Waals surface area contributed by atoms with Gasteiger partial charge in [0.25, 0.3) is 0 Å². The first kappa shape index (κ1) is 14.1. The van der Waals surface area contributed by atoms with Crippen molar-refractivity contribution in [2.75, 3.05) is 27.5 Å². The molecule has 0 aliphatic heterocycles. The van der Waals surface area contributed by atoms with E-state index < -0.39 is 8.80 Å². The molecule has 0 aliphatic carbocycles. The third-order valence-corrected chi connectivity index (χ3v) is 5.71. The van der Waals surface area contributed by atoms with Crippen molar-refractivity contribution in [1.82, 2.24) is 5.32 Å². The quantitative estimate of drug-likeness (QED) is 0.384. The van der Waals surface area contributed by atoms with Gasteiger partial charge >= 0.3 is 8.80 Å². The van der Waals surface area contributed by atoms with Crippen molar-refractivity contribution in [2.45, 2.75) is 32.7 Å². The van der Waals surface area contributed by atoms with Crippen LogP contribution in [-0.4, -0.2) is 36.3 Å². The first-order chi connectivity index (χ1) is 6.66. The second-order valence-electron chi connectivity index (χ2n) is 3.21. The van der Waals surface area contributed by atoms with E-state index in [0.717, 1.165) is 13.0 Å². The Kier molecular flexibility index (Phi) is 7.39. The highest BCUT2D eigenvalue weighted by molar-refractivity contribution is 6.62. The van der Waals surface area contributed by atoms with Crippen LogP contribution in [0.4, 0.5) is 0 Å². The van der Waals surface area contributed by atoms with E-state index in [0.29, 0.717) is 12.3 Å². The summed E-state index contributed by atoms with van der Waals surface area (Å²) >= 11 is 0. The van der Waals surface area contributed by atoms with Gasteiger partial charge in [-0.2, -0.15) is 0 Å². The summed E-state index contributed by atoms with van der Waals surface area (Å²) in [5.41, 5.74) is 0.330. The van der Waals surface area contributed by atoms with Gasteiger partial charge in [0.2, 0.25) is 0 Å². The molecule has 5 heteroatoms. The maximum atomic E-state index is 5.70. The van der Waals surface area contributed by atoms with Crippen LogP contribution in [-0.2, 0) is 13.3 Å². The predicted octanol–water partition coefficient (Wildman–Crippen LogP) is 1.60. The van der Waals surface area contributed by atoms with Gasteiger partial charge in [-0.1, -0.05) is 20.8 Å². The van der Waals surface area contributed by atoms with Crippen LogP contribution >= 0.6 is 0 Å². The summed E-state index contributed by atoms with van der Waals surface area (Å²) in [5.74, 6) is 0. The lowest BCUT2D eigenvalue weighted by atomic mass is 10.4. The topological polar surface area (TPSA) is 39.7 Å². The van der Waals surface area contributed by atoms with E-state index in [1.807, 2.05) is 6.92 Å². The van der Waals surface area contributed by atoms with Crippen LogP contribution in [0.2, 0.25) is 5.54 Å². The molecule has 4 nitrogen and oxygen atoms in total. The fourth-order valence-corrected chi connectivity index (χ4v) is 3.54. The average molecular weight is 221 g/mol. The van der Waals surface area contributed by atoms with Gasteiger partial charge in [-0.15, -0.1) is 0 Å². The molecular formula is C9H23NO3Si. The van der Waals surface area contributed by atoms with Crippen LogP contribution in [0.1, 0.15) is 27.2 Å². The Hall–Kier alpha value is 0.0569. The molecule has 0 saturated carbocycles. The molecule has 86 valence electrons. The van der Waals surface area contributed by atoms with Crippen molar-refractivity contribution in [3.8, 4) is 0 Å². The van der Waals surface area contributed by atoms with Crippen LogP contribution in [0.25, 0.3) is 0 Å². The molecule has 0 fully saturated rings. The standard InChI is InChI=1S/C9H23NO3Si/c1-6-9(3)14(11-4,12-5)13-8-10-7-2/h9-10H,6-8H2,1-5H3. The Morgan fingerprint density at radius 1 is 1.21 bits per heavy atom. The van der Waals surface area contributed by atoms with E-state index >= 15 is 0 Å².